The highest BCUT2D eigenvalue weighted by atomic mass is 16.5. The number of piperidine rings is 1. The Bertz CT molecular complexity index is 654. The molecule has 0 unspecified atom stereocenters. The second kappa shape index (κ2) is 8.46. The average molecular weight is 349 g/mol. The SMILES string of the molecule is COC(=O)CC1CCN(c2ncc(NC(=O)C(=O)OC)cc2C)CC1. The number of aromatic nitrogens is 1. The van der Waals surface area contributed by atoms with E-state index >= 15 is 0 Å². The molecule has 1 fully saturated rings. The summed E-state index contributed by atoms with van der Waals surface area (Å²) in [5, 5.41) is 2.45. The van der Waals surface area contributed by atoms with Gasteiger partial charge in [-0.05, 0) is 37.3 Å². The molecule has 0 aliphatic carbocycles. The van der Waals surface area contributed by atoms with Gasteiger partial charge in [0, 0.05) is 19.5 Å². The summed E-state index contributed by atoms with van der Waals surface area (Å²) in [4.78, 5) is 40.6. The third kappa shape index (κ3) is 4.91. The van der Waals surface area contributed by atoms with Crippen LogP contribution in [-0.2, 0) is 23.9 Å². The molecule has 0 aromatic carbocycles. The minimum Gasteiger partial charge on any atom is -0.469 e. The maximum atomic E-state index is 11.5. The van der Waals surface area contributed by atoms with Crippen LogP contribution in [-0.4, -0.2) is 50.1 Å². The summed E-state index contributed by atoms with van der Waals surface area (Å²) in [7, 11) is 2.56. The number of esters is 2. The molecule has 8 nitrogen and oxygen atoms in total. The van der Waals surface area contributed by atoms with Gasteiger partial charge in [-0.3, -0.25) is 9.59 Å². The molecule has 0 spiro atoms. The molecular formula is C17H23N3O5. The van der Waals surface area contributed by atoms with E-state index < -0.39 is 11.9 Å². The summed E-state index contributed by atoms with van der Waals surface area (Å²) in [6, 6.07) is 1.77. The number of amides is 1. The molecule has 2 heterocycles. The Kier molecular flexibility index (Phi) is 6.32. The highest BCUT2D eigenvalue weighted by Crippen LogP contribution is 2.27. The van der Waals surface area contributed by atoms with Crippen molar-refractivity contribution in [3.8, 4) is 0 Å². The Balaban J connectivity index is 1.96. The van der Waals surface area contributed by atoms with Crippen LogP contribution in [0.3, 0.4) is 0 Å². The van der Waals surface area contributed by atoms with Gasteiger partial charge in [0.25, 0.3) is 0 Å². The number of carbonyl (C=O) groups is 3. The van der Waals surface area contributed by atoms with Crippen molar-refractivity contribution in [3.63, 3.8) is 0 Å². The maximum absolute atomic E-state index is 11.5. The van der Waals surface area contributed by atoms with E-state index in [9.17, 15) is 14.4 Å². The van der Waals surface area contributed by atoms with Gasteiger partial charge in [0.1, 0.15) is 5.82 Å². The molecule has 0 saturated carbocycles. The van der Waals surface area contributed by atoms with Gasteiger partial charge < -0.3 is 19.7 Å². The van der Waals surface area contributed by atoms with E-state index in [4.69, 9.17) is 4.74 Å². The minimum absolute atomic E-state index is 0.168. The summed E-state index contributed by atoms with van der Waals surface area (Å²) >= 11 is 0. The number of aryl methyl sites for hydroxylation is 1. The number of methoxy groups -OCH3 is 2. The van der Waals surface area contributed by atoms with Crippen LogP contribution >= 0.6 is 0 Å². The van der Waals surface area contributed by atoms with E-state index in [2.05, 4.69) is 19.9 Å². The number of nitrogens with zero attached hydrogens (tertiary/aromatic N) is 2. The summed E-state index contributed by atoms with van der Waals surface area (Å²) < 4.78 is 9.09. The fraction of sp³-hybridized carbons (Fsp3) is 0.529. The lowest BCUT2D eigenvalue weighted by Gasteiger charge is -2.33. The molecule has 1 N–H and O–H groups in total. The summed E-state index contributed by atoms with van der Waals surface area (Å²) in [5.41, 5.74) is 1.34. The lowest BCUT2D eigenvalue weighted by atomic mass is 9.93. The van der Waals surface area contributed by atoms with E-state index in [1.807, 2.05) is 6.92 Å². The molecular weight excluding hydrogens is 326 g/mol. The highest BCUT2D eigenvalue weighted by molar-refractivity contribution is 6.37. The molecule has 2 rings (SSSR count). The van der Waals surface area contributed by atoms with E-state index in [1.165, 1.54) is 13.3 Å². The first kappa shape index (κ1) is 18.7. The smallest absolute Gasteiger partial charge is 0.396 e. The second-order valence-corrected chi connectivity index (χ2v) is 6.02. The van der Waals surface area contributed by atoms with Crippen molar-refractivity contribution >= 4 is 29.4 Å². The number of nitrogens with one attached hydrogen (secondary N) is 1. The van der Waals surface area contributed by atoms with Crippen LogP contribution in [0.4, 0.5) is 11.5 Å². The van der Waals surface area contributed by atoms with Gasteiger partial charge >= 0.3 is 17.8 Å². The highest BCUT2D eigenvalue weighted by Gasteiger charge is 2.23. The number of pyridine rings is 1. The largest absolute Gasteiger partial charge is 0.469 e. The normalized spacial score (nSPS) is 14.8. The summed E-state index contributed by atoms with van der Waals surface area (Å²) in [5.74, 6) is -0.775. The lowest BCUT2D eigenvalue weighted by molar-refractivity contribution is -0.150. The zero-order valence-electron chi connectivity index (χ0n) is 14.7. The molecule has 136 valence electrons. The fourth-order valence-corrected chi connectivity index (χ4v) is 2.91. The summed E-state index contributed by atoms with van der Waals surface area (Å²) in [6.45, 7) is 3.52. The van der Waals surface area contributed by atoms with Crippen LogP contribution < -0.4 is 10.2 Å². The molecule has 0 atom stereocenters. The lowest BCUT2D eigenvalue weighted by Crippen LogP contribution is -2.35. The van der Waals surface area contributed by atoms with Crippen LogP contribution in [0.5, 0.6) is 0 Å². The number of rotatable bonds is 4. The van der Waals surface area contributed by atoms with E-state index in [-0.39, 0.29) is 5.97 Å². The first-order valence-electron chi connectivity index (χ1n) is 8.12. The Labute approximate surface area is 146 Å². The first-order valence-corrected chi connectivity index (χ1v) is 8.12. The molecule has 0 radical (unpaired) electrons. The van der Waals surface area contributed by atoms with E-state index in [0.29, 0.717) is 18.0 Å². The van der Waals surface area contributed by atoms with E-state index in [0.717, 1.165) is 44.4 Å². The zero-order chi connectivity index (χ0) is 18.4. The third-order valence-corrected chi connectivity index (χ3v) is 4.28. The van der Waals surface area contributed by atoms with Crippen LogP contribution in [0.2, 0.25) is 0 Å². The van der Waals surface area contributed by atoms with Gasteiger partial charge in [0.2, 0.25) is 0 Å². The molecule has 1 aliphatic heterocycles. The monoisotopic (exact) mass is 349 g/mol. The third-order valence-electron chi connectivity index (χ3n) is 4.28. The molecule has 25 heavy (non-hydrogen) atoms. The summed E-state index contributed by atoms with van der Waals surface area (Å²) in [6.07, 6.45) is 3.77. The van der Waals surface area contributed by atoms with Gasteiger partial charge in [-0.2, -0.15) is 0 Å². The van der Waals surface area contributed by atoms with Gasteiger partial charge in [0.05, 0.1) is 26.1 Å². The first-order chi connectivity index (χ1) is 11.9. The zero-order valence-corrected chi connectivity index (χ0v) is 14.7. The molecule has 0 bridgehead atoms. The van der Waals surface area contributed by atoms with Crippen molar-refractivity contribution in [1.82, 2.24) is 4.98 Å². The van der Waals surface area contributed by atoms with Crippen molar-refractivity contribution in [2.75, 3.05) is 37.5 Å². The molecule has 1 amide bonds. The van der Waals surface area contributed by atoms with Crippen molar-refractivity contribution in [3.05, 3.63) is 17.8 Å². The number of carbonyl (C=O) groups excluding carboxylic acids is 3. The standard InChI is InChI=1S/C17H23N3O5/c1-11-8-13(19-16(22)17(23)25-3)10-18-15(11)20-6-4-12(5-7-20)9-14(21)24-2/h8,10,12H,4-7,9H2,1-3H3,(H,19,22). The number of ether oxygens (including phenoxy) is 2. The Morgan fingerprint density at radius 3 is 2.48 bits per heavy atom. The Morgan fingerprint density at radius 1 is 1.24 bits per heavy atom. The Hall–Kier alpha value is -2.64. The van der Waals surface area contributed by atoms with Crippen molar-refractivity contribution in [2.45, 2.75) is 26.2 Å². The van der Waals surface area contributed by atoms with Gasteiger partial charge in [-0.15, -0.1) is 0 Å². The minimum atomic E-state index is -0.950. The van der Waals surface area contributed by atoms with Gasteiger partial charge in [-0.1, -0.05) is 0 Å². The van der Waals surface area contributed by atoms with E-state index in [1.54, 1.807) is 6.07 Å². The fourth-order valence-electron chi connectivity index (χ4n) is 2.91. The number of hydrogen-bond acceptors (Lipinski definition) is 7. The number of hydrogen-bond donors (Lipinski definition) is 1. The van der Waals surface area contributed by atoms with Crippen molar-refractivity contribution in [1.29, 1.82) is 0 Å². The van der Waals surface area contributed by atoms with Crippen molar-refractivity contribution in [2.24, 2.45) is 5.92 Å². The van der Waals surface area contributed by atoms with Crippen LogP contribution in [0.15, 0.2) is 12.3 Å². The quantitative estimate of drug-likeness (QED) is 0.646. The van der Waals surface area contributed by atoms with Crippen LogP contribution in [0.25, 0.3) is 0 Å². The molecule has 1 aromatic rings. The second-order valence-electron chi connectivity index (χ2n) is 6.02. The molecule has 1 saturated heterocycles. The predicted molar refractivity (Wildman–Crippen MR) is 91.2 cm³/mol. The maximum Gasteiger partial charge on any atom is 0.396 e. The average Bonchev–Trinajstić information content (AvgIpc) is 2.61. The topological polar surface area (TPSA) is 97.8 Å². The van der Waals surface area contributed by atoms with Crippen LogP contribution in [0, 0.1) is 12.8 Å². The molecule has 1 aromatic heterocycles. The molecule has 1 aliphatic rings. The van der Waals surface area contributed by atoms with Gasteiger partial charge in [-0.25, -0.2) is 9.78 Å². The predicted octanol–water partition coefficient (Wildman–Crippen LogP) is 1.28. The van der Waals surface area contributed by atoms with Crippen molar-refractivity contribution < 1.29 is 23.9 Å². The van der Waals surface area contributed by atoms with Gasteiger partial charge in [0.15, 0.2) is 0 Å². The Morgan fingerprint density at radius 2 is 1.92 bits per heavy atom. The number of anilines is 2. The van der Waals surface area contributed by atoms with Crippen LogP contribution in [0.1, 0.15) is 24.8 Å². The molecule has 8 heteroatoms.